The van der Waals surface area contributed by atoms with Crippen LogP contribution < -0.4 is 4.90 Å². The Morgan fingerprint density at radius 2 is 1.75 bits per heavy atom. The topological polar surface area (TPSA) is 26.7 Å². The molecule has 3 nitrogen and oxygen atoms in total. The van der Waals surface area contributed by atoms with Crippen molar-refractivity contribution in [3.8, 4) is 0 Å². The van der Waals surface area contributed by atoms with E-state index in [1.807, 2.05) is 13.0 Å². The molecule has 0 amide bonds. The van der Waals surface area contributed by atoms with Gasteiger partial charge < -0.3 is 10.0 Å². The first-order valence-electron chi connectivity index (χ1n) is 7.86. The summed E-state index contributed by atoms with van der Waals surface area (Å²) in [4.78, 5) is 4.96. The summed E-state index contributed by atoms with van der Waals surface area (Å²) in [6, 6.07) is 8.30. The molecule has 1 aliphatic rings. The van der Waals surface area contributed by atoms with Gasteiger partial charge in [-0.1, -0.05) is 39.0 Å². The van der Waals surface area contributed by atoms with Crippen molar-refractivity contribution in [2.75, 3.05) is 37.6 Å². The van der Waals surface area contributed by atoms with E-state index < -0.39 is 0 Å². The highest BCUT2D eigenvalue weighted by atomic mass is 16.3. The third-order valence-corrected chi connectivity index (χ3v) is 4.02. The van der Waals surface area contributed by atoms with E-state index >= 15 is 0 Å². The van der Waals surface area contributed by atoms with Crippen LogP contribution in [0.2, 0.25) is 0 Å². The maximum Gasteiger partial charge on any atom is 0.0807 e. The van der Waals surface area contributed by atoms with E-state index in [2.05, 4.69) is 41.8 Å². The van der Waals surface area contributed by atoms with Gasteiger partial charge in [-0.3, -0.25) is 4.90 Å². The summed E-state index contributed by atoms with van der Waals surface area (Å²) in [5.74, 6) is 0.732. The molecule has 0 unspecified atom stereocenters. The monoisotopic (exact) mass is 276 g/mol. The van der Waals surface area contributed by atoms with Gasteiger partial charge in [0.25, 0.3) is 0 Å². The first-order chi connectivity index (χ1) is 9.61. The number of aliphatic hydroxyl groups is 1. The smallest absolute Gasteiger partial charge is 0.0807 e. The minimum Gasteiger partial charge on any atom is -0.388 e. The van der Waals surface area contributed by atoms with E-state index in [1.165, 1.54) is 12.2 Å². The summed E-state index contributed by atoms with van der Waals surface area (Å²) in [6.45, 7) is 12.1. The fourth-order valence-corrected chi connectivity index (χ4v) is 2.96. The van der Waals surface area contributed by atoms with Gasteiger partial charge in [0.2, 0.25) is 0 Å². The second-order valence-corrected chi connectivity index (χ2v) is 6.16. The van der Waals surface area contributed by atoms with Gasteiger partial charge in [0, 0.05) is 44.0 Å². The standard InChI is InChI=1S/C17H28N2O/c1-4-17(20)15-7-5-6-8-16(15)19-11-9-18(10-12-19)13-14(2)3/h5-8,14,17,20H,4,9-13H2,1-3H3/t17-/m0/s1. The molecule has 0 bridgehead atoms. The number of piperazine rings is 1. The molecule has 3 heteroatoms. The number of aliphatic hydroxyl groups excluding tert-OH is 1. The molecule has 1 aromatic rings. The molecule has 1 fully saturated rings. The lowest BCUT2D eigenvalue weighted by Crippen LogP contribution is -2.47. The van der Waals surface area contributed by atoms with Crippen LogP contribution >= 0.6 is 0 Å². The number of benzene rings is 1. The van der Waals surface area contributed by atoms with Crippen LogP contribution in [0.5, 0.6) is 0 Å². The van der Waals surface area contributed by atoms with Crippen LogP contribution in [0, 0.1) is 5.92 Å². The molecular formula is C17H28N2O. The quantitative estimate of drug-likeness (QED) is 0.896. The fourth-order valence-electron chi connectivity index (χ4n) is 2.96. The third-order valence-electron chi connectivity index (χ3n) is 4.02. The van der Waals surface area contributed by atoms with Gasteiger partial charge in [-0.2, -0.15) is 0 Å². The van der Waals surface area contributed by atoms with Crippen molar-refractivity contribution in [1.29, 1.82) is 0 Å². The Morgan fingerprint density at radius 1 is 1.10 bits per heavy atom. The summed E-state index contributed by atoms with van der Waals surface area (Å²) in [5.41, 5.74) is 2.29. The number of hydrogen-bond acceptors (Lipinski definition) is 3. The van der Waals surface area contributed by atoms with Gasteiger partial charge in [-0.25, -0.2) is 0 Å². The molecule has 1 N–H and O–H groups in total. The minimum absolute atomic E-state index is 0.347. The highest BCUT2D eigenvalue weighted by Gasteiger charge is 2.21. The predicted molar refractivity (Wildman–Crippen MR) is 85.2 cm³/mol. The summed E-state index contributed by atoms with van der Waals surface area (Å²) in [7, 11) is 0. The van der Waals surface area contributed by atoms with E-state index in [-0.39, 0.29) is 6.10 Å². The largest absolute Gasteiger partial charge is 0.388 e. The van der Waals surface area contributed by atoms with E-state index in [0.717, 1.165) is 44.1 Å². The molecule has 1 atom stereocenters. The molecule has 2 rings (SSSR count). The Bertz CT molecular complexity index is 411. The van der Waals surface area contributed by atoms with Crippen molar-refractivity contribution in [3.05, 3.63) is 29.8 Å². The zero-order valence-corrected chi connectivity index (χ0v) is 13.0. The number of para-hydroxylation sites is 1. The number of anilines is 1. The molecule has 0 aromatic heterocycles. The number of nitrogens with zero attached hydrogens (tertiary/aromatic N) is 2. The Kier molecular flexibility index (Phi) is 5.44. The molecule has 0 aliphatic carbocycles. The first kappa shape index (κ1) is 15.3. The zero-order valence-electron chi connectivity index (χ0n) is 13.0. The molecule has 0 spiro atoms. The van der Waals surface area contributed by atoms with Crippen LogP contribution in [-0.4, -0.2) is 42.7 Å². The second-order valence-electron chi connectivity index (χ2n) is 6.16. The van der Waals surface area contributed by atoms with Crippen LogP contribution in [0.4, 0.5) is 5.69 Å². The lowest BCUT2D eigenvalue weighted by molar-refractivity contribution is 0.173. The Morgan fingerprint density at radius 3 is 2.35 bits per heavy atom. The van der Waals surface area contributed by atoms with Gasteiger partial charge in [0.1, 0.15) is 0 Å². The maximum absolute atomic E-state index is 10.2. The van der Waals surface area contributed by atoms with Gasteiger partial charge >= 0.3 is 0 Å². The first-order valence-corrected chi connectivity index (χ1v) is 7.86. The van der Waals surface area contributed by atoms with Crippen molar-refractivity contribution in [3.63, 3.8) is 0 Å². The molecule has 0 saturated carbocycles. The summed E-state index contributed by atoms with van der Waals surface area (Å²) < 4.78 is 0. The normalized spacial score (nSPS) is 18.6. The average molecular weight is 276 g/mol. The van der Waals surface area contributed by atoms with Gasteiger partial charge in [0.05, 0.1) is 6.10 Å². The molecule has 0 radical (unpaired) electrons. The van der Waals surface area contributed by atoms with Crippen molar-refractivity contribution in [2.45, 2.75) is 33.3 Å². The molecule has 1 aliphatic heterocycles. The molecule has 20 heavy (non-hydrogen) atoms. The lowest BCUT2D eigenvalue weighted by atomic mass is 10.0. The SMILES string of the molecule is CC[C@H](O)c1ccccc1N1CCN(CC(C)C)CC1. The Balaban J connectivity index is 2.03. The third kappa shape index (κ3) is 3.74. The zero-order chi connectivity index (χ0) is 14.5. The van der Waals surface area contributed by atoms with E-state index in [9.17, 15) is 5.11 Å². The van der Waals surface area contributed by atoms with Gasteiger partial charge in [-0.05, 0) is 18.4 Å². The van der Waals surface area contributed by atoms with Crippen LogP contribution in [0.15, 0.2) is 24.3 Å². The number of hydrogen-bond donors (Lipinski definition) is 1. The van der Waals surface area contributed by atoms with Crippen molar-refractivity contribution in [2.24, 2.45) is 5.92 Å². The van der Waals surface area contributed by atoms with E-state index in [1.54, 1.807) is 0 Å². The summed E-state index contributed by atoms with van der Waals surface area (Å²) in [6.07, 6.45) is 0.421. The molecule has 1 heterocycles. The maximum atomic E-state index is 10.2. The molecule has 1 saturated heterocycles. The average Bonchev–Trinajstić information content (AvgIpc) is 2.46. The van der Waals surface area contributed by atoms with Crippen molar-refractivity contribution < 1.29 is 5.11 Å². The van der Waals surface area contributed by atoms with Crippen molar-refractivity contribution in [1.82, 2.24) is 4.90 Å². The van der Waals surface area contributed by atoms with Gasteiger partial charge in [-0.15, -0.1) is 0 Å². The van der Waals surface area contributed by atoms with Crippen molar-refractivity contribution >= 4 is 5.69 Å². The highest BCUT2D eigenvalue weighted by Crippen LogP contribution is 2.28. The fraction of sp³-hybridized carbons (Fsp3) is 0.647. The predicted octanol–water partition coefficient (Wildman–Crippen LogP) is 2.91. The van der Waals surface area contributed by atoms with Crippen LogP contribution in [0.25, 0.3) is 0 Å². The molecule has 1 aromatic carbocycles. The highest BCUT2D eigenvalue weighted by molar-refractivity contribution is 5.55. The molecular weight excluding hydrogens is 248 g/mol. The van der Waals surface area contributed by atoms with Crippen LogP contribution in [0.3, 0.4) is 0 Å². The second kappa shape index (κ2) is 7.09. The summed E-state index contributed by atoms with van der Waals surface area (Å²) in [5, 5.41) is 10.2. The van der Waals surface area contributed by atoms with E-state index in [4.69, 9.17) is 0 Å². The lowest BCUT2D eigenvalue weighted by Gasteiger charge is -2.38. The minimum atomic E-state index is -0.347. The van der Waals surface area contributed by atoms with Crippen LogP contribution in [-0.2, 0) is 0 Å². The van der Waals surface area contributed by atoms with E-state index in [0.29, 0.717) is 0 Å². The summed E-state index contributed by atoms with van der Waals surface area (Å²) >= 11 is 0. The van der Waals surface area contributed by atoms with Crippen LogP contribution in [0.1, 0.15) is 38.9 Å². The Hall–Kier alpha value is -1.06. The number of rotatable bonds is 5. The van der Waals surface area contributed by atoms with Gasteiger partial charge in [0.15, 0.2) is 0 Å². The molecule has 112 valence electrons. The Labute approximate surface area is 123 Å².